The van der Waals surface area contributed by atoms with E-state index in [1.165, 1.54) is 25.3 Å². The van der Waals surface area contributed by atoms with Gasteiger partial charge in [-0.2, -0.15) is 0 Å². The van der Waals surface area contributed by atoms with Crippen LogP contribution in [0.1, 0.15) is 5.56 Å². The summed E-state index contributed by atoms with van der Waals surface area (Å²) < 4.78 is 18.6. The Morgan fingerprint density at radius 2 is 1.87 bits per heavy atom. The number of benzene rings is 2. The van der Waals surface area contributed by atoms with Crippen LogP contribution in [0, 0.1) is 18.2 Å². The van der Waals surface area contributed by atoms with E-state index in [9.17, 15) is 14.0 Å². The molecule has 0 atom stereocenters. The third-order valence-corrected chi connectivity index (χ3v) is 2.92. The van der Waals surface area contributed by atoms with Gasteiger partial charge in [-0.15, -0.1) is 6.42 Å². The number of hydrogen-bond donors (Lipinski definition) is 2. The third-order valence-electron chi connectivity index (χ3n) is 2.92. The van der Waals surface area contributed by atoms with Crippen LogP contribution in [0.3, 0.4) is 0 Å². The first kappa shape index (κ1) is 16.0. The van der Waals surface area contributed by atoms with E-state index < -0.39 is 17.6 Å². The lowest BCUT2D eigenvalue weighted by atomic mass is 10.2. The summed E-state index contributed by atoms with van der Waals surface area (Å²) in [4.78, 5) is 23.7. The molecule has 116 valence electrons. The molecule has 0 aliphatic heterocycles. The molecule has 0 aliphatic carbocycles. The zero-order valence-electron chi connectivity index (χ0n) is 12.2. The van der Waals surface area contributed by atoms with Gasteiger partial charge in [0.1, 0.15) is 11.6 Å². The number of amides is 2. The second-order valence-corrected chi connectivity index (χ2v) is 4.48. The van der Waals surface area contributed by atoms with Crippen molar-refractivity contribution in [1.82, 2.24) is 0 Å². The van der Waals surface area contributed by atoms with Crippen LogP contribution in [-0.2, 0) is 9.59 Å². The highest BCUT2D eigenvalue weighted by Gasteiger charge is 2.16. The topological polar surface area (TPSA) is 67.4 Å². The van der Waals surface area contributed by atoms with E-state index in [1.54, 1.807) is 18.2 Å². The fourth-order valence-electron chi connectivity index (χ4n) is 1.78. The average molecular weight is 312 g/mol. The molecule has 0 heterocycles. The summed E-state index contributed by atoms with van der Waals surface area (Å²) in [6.07, 6.45) is 5.26. The lowest BCUT2D eigenvalue weighted by Gasteiger charge is -2.09. The van der Waals surface area contributed by atoms with Crippen LogP contribution in [0.2, 0.25) is 0 Å². The molecule has 23 heavy (non-hydrogen) atoms. The zero-order chi connectivity index (χ0) is 16.8. The van der Waals surface area contributed by atoms with E-state index in [-0.39, 0.29) is 5.69 Å². The second-order valence-electron chi connectivity index (χ2n) is 4.48. The predicted octanol–water partition coefficient (Wildman–Crippen LogP) is 2.39. The van der Waals surface area contributed by atoms with Crippen LogP contribution in [0.5, 0.6) is 5.75 Å². The van der Waals surface area contributed by atoms with E-state index in [0.29, 0.717) is 17.0 Å². The summed E-state index contributed by atoms with van der Waals surface area (Å²) in [5.41, 5.74) is 0.774. The molecule has 0 radical (unpaired) electrons. The summed E-state index contributed by atoms with van der Waals surface area (Å²) in [6, 6.07) is 10.2. The number of methoxy groups -OCH3 is 1. The minimum atomic E-state index is -1.01. The van der Waals surface area contributed by atoms with Gasteiger partial charge in [-0.3, -0.25) is 9.59 Å². The van der Waals surface area contributed by atoms with Gasteiger partial charge in [0.2, 0.25) is 0 Å². The van der Waals surface area contributed by atoms with Crippen LogP contribution in [0.4, 0.5) is 15.8 Å². The van der Waals surface area contributed by atoms with Gasteiger partial charge in [-0.05, 0) is 30.3 Å². The van der Waals surface area contributed by atoms with Gasteiger partial charge in [0.05, 0.1) is 12.8 Å². The fourth-order valence-corrected chi connectivity index (χ4v) is 1.78. The Labute approximate surface area is 132 Å². The van der Waals surface area contributed by atoms with E-state index in [4.69, 9.17) is 11.2 Å². The van der Waals surface area contributed by atoms with Gasteiger partial charge in [-0.1, -0.05) is 12.0 Å². The molecule has 2 aromatic carbocycles. The zero-order valence-corrected chi connectivity index (χ0v) is 12.2. The summed E-state index contributed by atoms with van der Waals surface area (Å²) in [5.74, 6) is 0.132. The number of carbonyl (C=O) groups excluding carboxylic acids is 2. The van der Waals surface area contributed by atoms with Crippen molar-refractivity contribution in [1.29, 1.82) is 0 Å². The number of anilines is 2. The molecule has 0 aromatic heterocycles. The minimum Gasteiger partial charge on any atom is -0.497 e. The molecule has 0 aliphatic rings. The standard InChI is InChI=1S/C17H13FN2O3/c1-3-11-5-4-6-12(9-11)19-16(21)17(22)20-15-10-13(23-2)7-8-14(15)18/h1,4-10H,2H3,(H,19,21)(H,20,22). The highest BCUT2D eigenvalue weighted by Crippen LogP contribution is 2.21. The summed E-state index contributed by atoms with van der Waals surface area (Å²) >= 11 is 0. The van der Waals surface area contributed by atoms with Crippen molar-refractivity contribution in [3.63, 3.8) is 0 Å². The fraction of sp³-hybridized carbons (Fsp3) is 0.0588. The Morgan fingerprint density at radius 3 is 2.57 bits per heavy atom. The maximum absolute atomic E-state index is 13.6. The van der Waals surface area contributed by atoms with Gasteiger partial charge < -0.3 is 15.4 Å². The Hall–Kier alpha value is -3.33. The molecule has 0 fully saturated rings. The van der Waals surface area contributed by atoms with Gasteiger partial charge in [-0.25, -0.2) is 4.39 Å². The number of ether oxygens (including phenoxy) is 1. The van der Waals surface area contributed by atoms with E-state index in [1.807, 2.05) is 0 Å². The molecule has 0 unspecified atom stereocenters. The lowest BCUT2D eigenvalue weighted by Crippen LogP contribution is -2.29. The number of nitrogens with one attached hydrogen (secondary N) is 2. The molecule has 0 saturated carbocycles. The normalized spacial score (nSPS) is 9.61. The monoisotopic (exact) mass is 312 g/mol. The van der Waals surface area contributed by atoms with Crippen LogP contribution < -0.4 is 15.4 Å². The highest BCUT2D eigenvalue weighted by atomic mass is 19.1. The third kappa shape index (κ3) is 4.08. The van der Waals surface area contributed by atoms with Crippen LogP contribution >= 0.6 is 0 Å². The second kappa shape index (κ2) is 7.09. The smallest absolute Gasteiger partial charge is 0.314 e. The summed E-state index contributed by atoms with van der Waals surface area (Å²) in [7, 11) is 1.41. The highest BCUT2D eigenvalue weighted by molar-refractivity contribution is 6.43. The van der Waals surface area contributed by atoms with Crippen molar-refractivity contribution in [2.45, 2.75) is 0 Å². The minimum absolute atomic E-state index is 0.151. The quantitative estimate of drug-likeness (QED) is 0.675. The predicted molar refractivity (Wildman–Crippen MR) is 84.6 cm³/mol. The van der Waals surface area contributed by atoms with Crippen molar-refractivity contribution < 1.29 is 18.7 Å². The van der Waals surface area contributed by atoms with Crippen LogP contribution in [0.15, 0.2) is 42.5 Å². The number of rotatable bonds is 3. The molecule has 0 spiro atoms. The van der Waals surface area contributed by atoms with Gasteiger partial charge in [0.25, 0.3) is 0 Å². The van der Waals surface area contributed by atoms with E-state index in [0.717, 1.165) is 6.07 Å². The first-order chi connectivity index (χ1) is 11.0. The molecule has 2 rings (SSSR count). The van der Waals surface area contributed by atoms with Crippen LogP contribution in [-0.4, -0.2) is 18.9 Å². The van der Waals surface area contributed by atoms with Gasteiger partial charge in [0.15, 0.2) is 0 Å². The van der Waals surface area contributed by atoms with E-state index >= 15 is 0 Å². The van der Waals surface area contributed by atoms with E-state index in [2.05, 4.69) is 16.6 Å². The number of halogens is 1. The summed E-state index contributed by atoms with van der Waals surface area (Å²) in [6.45, 7) is 0. The SMILES string of the molecule is C#Cc1cccc(NC(=O)C(=O)Nc2cc(OC)ccc2F)c1. The number of carbonyl (C=O) groups is 2. The first-order valence-electron chi connectivity index (χ1n) is 6.56. The molecule has 0 saturated heterocycles. The molecular formula is C17H13FN2O3. The maximum Gasteiger partial charge on any atom is 0.314 e. The molecule has 5 nitrogen and oxygen atoms in total. The maximum atomic E-state index is 13.6. The molecule has 2 amide bonds. The Kier molecular flexibility index (Phi) is 4.95. The number of hydrogen-bond acceptors (Lipinski definition) is 3. The Morgan fingerprint density at radius 1 is 1.13 bits per heavy atom. The summed E-state index contributed by atoms with van der Waals surface area (Å²) in [5, 5.41) is 4.57. The van der Waals surface area contributed by atoms with Crippen molar-refractivity contribution in [3.8, 4) is 18.1 Å². The van der Waals surface area contributed by atoms with Crippen molar-refractivity contribution in [2.24, 2.45) is 0 Å². The molecule has 2 N–H and O–H groups in total. The van der Waals surface area contributed by atoms with Crippen molar-refractivity contribution in [2.75, 3.05) is 17.7 Å². The number of terminal acetylenes is 1. The first-order valence-corrected chi connectivity index (χ1v) is 6.56. The molecule has 0 bridgehead atoms. The van der Waals surface area contributed by atoms with Crippen molar-refractivity contribution >= 4 is 23.2 Å². The van der Waals surface area contributed by atoms with Gasteiger partial charge >= 0.3 is 11.8 Å². The van der Waals surface area contributed by atoms with Crippen LogP contribution in [0.25, 0.3) is 0 Å². The Balaban J connectivity index is 2.08. The van der Waals surface area contributed by atoms with Crippen molar-refractivity contribution in [3.05, 3.63) is 53.8 Å². The largest absolute Gasteiger partial charge is 0.497 e. The van der Waals surface area contributed by atoms with Gasteiger partial charge in [0, 0.05) is 17.3 Å². The lowest BCUT2D eigenvalue weighted by molar-refractivity contribution is -0.133. The Bertz CT molecular complexity index is 797. The molecule has 6 heteroatoms. The molecule has 2 aromatic rings. The molecular weight excluding hydrogens is 299 g/mol. The average Bonchev–Trinajstić information content (AvgIpc) is 2.56.